The quantitative estimate of drug-likeness (QED) is 0.638. The van der Waals surface area contributed by atoms with Crippen LogP contribution in [0.25, 0.3) is 0 Å². The van der Waals surface area contributed by atoms with Crippen LogP contribution in [0.2, 0.25) is 0 Å². The summed E-state index contributed by atoms with van der Waals surface area (Å²) in [7, 11) is -2.04. The van der Waals surface area contributed by atoms with Gasteiger partial charge >= 0.3 is 0 Å². The minimum atomic E-state index is -3.61. The van der Waals surface area contributed by atoms with Crippen LogP contribution in [0.5, 0.6) is 0 Å². The van der Waals surface area contributed by atoms with Crippen molar-refractivity contribution < 1.29 is 17.9 Å². The molecule has 0 aliphatic rings. The highest BCUT2D eigenvalue weighted by Crippen LogP contribution is 2.11. The fourth-order valence-electron chi connectivity index (χ4n) is 1.79. The molecule has 1 rings (SSSR count). The Morgan fingerprint density at radius 3 is 2.68 bits per heavy atom. The molecule has 1 aromatic rings. The highest BCUT2D eigenvalue weighted by molar-refractivity contribution is 7.89. The summed E-state index contributed by atoms with van der Waals surface area (Å²) in [5.74, 6) is -0.259. The van der Waals surface area contributed by atoms with Gasteiger partial charge < -0.3 is 10.1 Å². The lowest BCUT2D eigenvalue weighted by Crippen LogP contribution is -2.27. The largest absolute Gasteiger partial charge is 0.385 e. The van der Waals surface area contributed by atoms with Crippen molar-refractivity contribution in [2.75, 3.05) is 26.8 Å². The zero-order chi connectivity index (χ0) is 16.4. The van der Waals surface area contributed by atoms with E-state index in [-0.39, 0.29) is 10.8 Å². The Balaban J connectivity index is 2.71. The van der Waals surface area contributed by atoms with Gasteiger partial charge in [-0.15, -0.1) is 0 Å². The number of nitrogens with one attached hydrogen (secondary N) is 2. The number of unbranched alkanes of at least 4 members (excludes halogenated alkanes) is 1. The van der Waals surface area contributed by atoms with Crippen molar-refractivity contribution in [2.24, 2.45) is 0 Å². The van der Waals surface area contributed by atoms with Crippen LogP contribution < -0.4 is 10.0 Å². The standard InChI is InChI=1S/C15H24N2O4S/c1-3-4-9-16-15(18)13-7-5-8-14(12-13)22(19,20)17-10-6-11-21-2/h5,7-8,12,17H,3-4,6,9-11H2,1-2H3,(H,16,18). The average molecular weight is 328 g/mol. The number of amides is 1. The van der Waals surface area contributed by atoms with Gasteiger partial charge in [0, 0.05) is 32.4 Å². The van der Waals surface area contributed by atoms with Gasteiger partial charge in [-0.05, 0) is 31.0 Å². The molecule has 0 aromatic heterocycles. The van der Waals surface area contributed by atoms with E-state index in [1.54, 1.807) is 19.2 Å². The summed E-state index contributed by atoms with van der Waals surface area (Å²) in [6.07, 6.45) is 2.47. The summed E-state index contributed by atoms with van der Waals surface area (Å²) >= 11 is 0. The predicted octanol–water partition coefficient (Wildman–Crippen LogP) is 1.53. The molecule has 6 nitrogen and oxygen atoms in total. The van der Waals surface area contributed by atoms with E-state index in [0.717, 1.165) is 12.8 Å². The van der Waals surface area contributed by atoms with Crippen molar-refractivity contribution in [3.05, 3.63) is 29.8 Å². The maximum absolute atomic E-state index is 12.1. The topological polar surface area (TPSA) is 84.5 Å². The van der Waals surface area contributed by atoms with Gasteiger partial charge in [-0.3, -0.25) is 4.79 Å². The van der Waals surface area contributed by atoms with Crippen LogP contribution in [-0.4, -0.2) is 41.1 Å². The second-order valence-electron chi connectivity index (χ2n) is 4.88. The lowest BCUT2D eigenvalue weighted by molar-refractivity contribution is 0.0953. The van der Waals surface area contributed by atoms with Crippen LogP contribution >= 0.6 is 0 Å². The van der Waals surface area contributed by atoms with Crippen molar-refractivity contribution in [2.45, 2.75) is 31.1 Å². The molecule has 0 bridgehead atoms. The number of rotatable bonds is 10. The van der Waals surface area contributed by atoms with E-state index in [4.69, 9.17) is 4.74 Å². The minimum absolute atomic E-state index is 0.0908. The Morgan fingerprint density at radius 2 is 2.00 bits per heavy atom. The number of carbonyl (C=O) groups excluding carboxylic acids is 1. The molecule has 0 heterocycles. The van der Waals surface area contributed by atoms with Crippen LogP contribution in [0.3, 0.4) is 0 Å². The first-order valence-corrected chi connectivity index (χ1v) is 8.86. The number of ether oxygens (including phenoxy) is 1. The van der Waals surface area contributed by atoms with E-state index < -0.39 is 10.0 Å². The smallest absolute Gasteiger partial charge is 0.251 e. The maximum atomic E-state index is 12.1. The highest BCUT2D eigenvalue weighted by Gasteiger charge is 2.15. The predicted molar refractivity (Wildman–Crippen MR) is 85.4 cm³/mol. The fraction of sp³-hybridized carbons (Fsp3) is 0.533. The summed E-state index contributed by atoms with van der Waals surface area (Å²) in [6.45, 7) is 3.40. The molecule has 0 saturated heterocycles. The molecule has 2 N–H and O–H groups in total. The van der Waals surface area contributed by atoms with Gasteiger partial charge in [0.15, 0.2) is 0 Å². The van der Waals surface area contributed by atoms with Crippen LogP contribution in [0, 0.1) is 0 Å². The van der Waals surface area contributed by atoms with E-state index in [1.165, 1.54) is 12.1 Å². The highest BCUT2D eigenvalue weighted by atomic mass is 32.2. The number of benzene rings is 1. The van der Waals surface area contributed by atoms with E-state index >= 15 is 0 Å². The van der Waals surface area contributed by atoms with Crippen LogP contribution in [0.15, 0.2) is 29.2 Å². The molecule has 0 fully saturated rings. The zero-order valence-corrected chi connectivity index (χ0v) is 13.9. The van der Waals surface area contributed by atoms with Crippen molar-refractivity contribution >= 4 is 15.9 Å². The van der Waals surface area contributed by atoms with E-state index in [2.05, 4.69) is 10.0 Å². The van der Waals surface area contributed by atoms with Crippen molar-refractivity contribution in [1.82, 2.24) is 10.0 Å². The van der Waals surface area contributed by atoms with Gasteiger partial charge in [-0.2, -0.15) is 0 Å². The van der Waals surface area contributed by atoms with E-state index in [0.29, 0.717) is 31.7 Å². The molecule has 0 aliphatic carbocycles. The van der Waals surface area contributed by atoms with Gasteiger partial charge in [0.25, 0.3) is 5.91 Å². The molecule has 0 unspecified atom stereocenters. The van der Waals surface area contributed by atoms with Crippen LogP contribution in [0.4, 0.5) is 0 Å². The molecule has 0 radical (unpaired) electrons. The molecule has 7 heteroatoms. The van der Waals surface area contributed by atoms with Gasteiger partial charge in [0.2, 0.25) is 10.0 Å². The Kier molecular flexibility index (Phi) is 8.08. The molecule has 0 atom stereocenters. The Morgan fingerprint density at radius 1 is 1.23 bits per heavy atom. The summed E-state index contributed by atoms with van der Waals surface area (Å²) in [6, 6.07) is 6.03. The second-order valence-corrected chi connectivity index (χ2v) is 6.65. The molecule has 0 aliphatic heterocycles. The van der Waals surface area contributed by atoms with Crippen LogP contribution in [-0.2, 0) is 14.8 Å². The fourth-order valence-corrected chi connectivity index (χ4v) is 2.91. The molecular weight excluding hydrogens is 304 g/mol. The lowest BCUT2D eigenvalue weighted by Gasteiger charge is -2.09. The number of hydrogen-bond acceptors (Lipinski definition) is 4. The van der Waals surface area contributed by atoms with Crippen molar-refractivity contribution in [3.63, 3.8) is 0 Å². The molecule has 22 heavy (non-hydrogen) atoms. The third-order valence-corrected chi connectivity index (χ3v) is 4.50. The van der Waals surface area contributed by atoms with Crippen LogP contribution in [0.1, 0.15) is 36.5 Å². The van der Waals surface area contributed by atoms with Gasteiger partial charge in [-0.25, -0.2) is 13.1 Å². The monoisotopic (exact) mass is 328 g/mol. The molecule has 1 amide bonds. The molecule has 1 aromatic carbocycles. The first-order valence-electron chi connectivity index (χ1n) is 7.38. The van der Waals surface area contributed by atoms with Crippen molar-refractivity contribution in [3.8, 4) is 0 Å². The Labute approximate surface area is 132 Å². The second kappa shape index (κ2) is 9.55. The summed E-state index contributed by atoms with van der Waals surface area (Å²) < 4.78 is 31.7. The first-order chi connectivity index (χ1) is 10.5. The van der Waals surface area contributed by atoms with E-state index in [1.807, 2.05) is 6.92 Å². The number of carbonyl (C=O) groups is 1. The molecule has 0 spiro atoms. The number of methoxy groups -OCH3 is 1. The molecule has 0 saturated carbocycles. The maximum Gasteiger partial charge on any atom is 0.251 e. The summed E-state index contributed by atoms with van der Waals surface area (Å²) in [4.78, 5) is 12.0. The first kappa shape index (κ1) is 18.6. The molecule has 124 valence electrons. The molecular formula is C15H24N2O4S. The number of hydrogen-bond donors (Lipinski definition) is 2. The Hall–Kier alpha value is -1.44. The Bertz CT molecular complexity index is 573. The van der Waals surface area contributed by atoms with E-state index in [9.17, 15) is 13.2 Å². The third kappa shape index (κ3) is 6.13. The van der Waals surface area contributed by atoms with Gasteiger partial charge in [-0.1, -0.05) is 19.4 Å². The van der Waals surface area contributed by atoms with Gasteiger partial charge in [0.1, 0.15) is 0 Å². The zero-order valence-electron chi connectivity index (χ0n) is 13.1. The van der Waals surface area contributed by atoms with Gasteiger partial charge in [0.05, 0.1) is 4.90 Å². The summed E-state index contributed by atoms with van der Waals surface area (Å²) in [5.41, 5.74) is 0.343. The normalized spacial score (nSPS) is 11.4. The minimum Gasteiger partial charge on any atom is -0.385 e. The number of sulfonamides is 1. The SMILES string of the molecule is CCCCNC(=O)c1cccc(S(=O)(=O)NCCCOC)c1. The summed E-state index contributed by atoms with van der Waals surface area (Å²) in [5, 5.41) is 2.77. The lowest BCUT2D eigenvalue weighted by atomic mass is 10.2. The van der Waals surface area contributed by atoms with Crippen molar-refractivity contribution in [1.29, 1.82) is 0 Å². The average Bonchev–Trinajstić information content (AvgIpc) is 2.52. The third-order valence-electron chi connectivity index (χ3n) is 3.04.